The van der Waals surface area contributed by atoms with Gasteiger partial charge in [-0.2, -0.15) is 0 Å². The lowest BCUT2D eigenvalue weighted by molar-refractivity contribution is 0.0559. The molecule has 1 aromatic carbocycles. The van der Waals surface area contributed by atoms with Crippen molar-refractivity contribution in [3.63, 3.8) is 0 Å². The SMILES string of the molecule is CN1C(=O)OCCC1c1cccc(CN)c1. The van der Waals surface area contributed by atoms with Gasteiger partial charge in [0.2, 0.25) is 0 Å². The Morgan fingerprint density at radius 3 is 3.12 bits per heavy atom. The Balaban J connectivity index is 2.25. The van der Waals surface area contributed by atoms with Crippen LogP contribution in [0.5, 0.6) is 0 Å². The van der Waals surface area contributed by atoms with Gasteiger partial charge in [-0.15, -0.1) is 0 Å². The maximum atomic E-state index is 11.4. The molecule has 0 radical (unpaired) electrons. The van der Waals surface area contributed by atoms with Crippen LogP contribution in [0.4, 0.5) is 4.79 Å². The maximum absolute atomic E-state index is 11.4. The molecule has 0 saturated carbocycles. The van der Waals surface area contributed by atoms with Crippen molar-refractivity contribution >= 4 is 6.09 Å². The van der Waals surface area contributed by atoms with Crippen LogP contribution in [0.3, 0.4) is 0 Å². The van der Waals surface area contributed by atoms with Crippen LogP contribution in [0, 0.1) is 0 Å². The van der Waals surface area contributed by atoms with Crippen molar-refractivity contribution in [1.29, 1.82) is 0 Å². The summed E-state index contributed by atoms with van der Waals surface area (Å²) in [4.78, 5) is 13.0. The number of cyclic esters (lactones) is 1. The van der Waals surface area contributed by atoms with E-state index in [0.29, 0.717) is 13.2 Å². The van der Waals surface area contributed by atoms with E-state index in [1.807, 2.05) is 18.2 Å². The number of hydrogen-bond donors (Lipinski definition) is 1. The molecule has 0 bridgehead atoms. The summed E-state index contributed by atoms with van der Waals surface area (Å²) in [5.41, 5.74) is 7.82. The summed E-state index contributed by atoms with van der Waals surface area (Å²) < 4.78 is 4.96. The minimum atomic E-state index is -0.255. The molecule has 1 aliphatic heterocycles. The van der Waals surface area contributed by atoms with Crippen molar-refractivity contribution in [3.8, 4) is 0 Å². The first-order chi connectivity index (χ1) is 7.72. The molecule has 0 spiro atoms. The van der Waals surface area contributed by atoms with Crippen LogP contribution in [0.15, 0.2) is 24.3 Å². The number of nitrogens with zero attached hydrogens (tertiary/aromatic N) is 1. The summed E-state index contributed by atoms with van der Waals surface area (Å²) >= 11 is 0. The van der Waals surface area contributed by atoms with Gasteiger partial charge in [-0.3, -0.25) is 0 Å². The molecule has 1 aliphatic rings. The van der Waals surface area contributed by atoms with E-state index in [-0.39, 0.29) is 12.1 Å². The number of rotatable bonds is 2. The standard InChI is InChI=1S/C12H16N2O2/c1-14-11(5-6-16-12(14)15)10-4-2-3-9(7-10)8-13/h2-4,7,11H,5-6,8,13H2,1H3. The average Bonchev–Trinajstić information content (AvgIpc) is 2.33. The van der Waals surface area contributed by atoms with E-state index in [4.69, 9.17) is 10.5 Å². The topological polar surface area (TPSA) is 55.6 Å². The zero-order valence-corrected chi connectivity index (χ0v) is 9.35. The highest BCUT2D eigenvalue weighted by Crippen LogP contribution is 2.27. The molecule has 1 saturated heterocycles. The molecular formula is C12H16N2O2. The predicted octanol–water partition coefficient (Wildman–Crippen LogP) is 1.66. The molecule has 2 rings (SSSR count). The summed E-state index contributed by atoms with van der Waals surface area (Å²) in [6, 6.07) is 8.15. The van der Waals surface area contributed by atoms with Crippen LogP contribution in [0.25, 0.3) is 0 Å². The second-order valence-electron chi connectivity index (χ2n) is 3.98. The van der Waals surface area contributed by atoms with Crippen molar-refractivity contribution in [2.24, 2.45) is 5.73 Å². The van der Waals surface area contributed by atoms with Crippen LogP contribution in [-0.2, 0) is 11.3 Å². The summed E-state index contributed by atoms with van der Waals surface area (Å²) in [6.07, 6.45) is 0.574. The number of benzene rings is 1. The zero-order chi connectivity index (χ0) is 11.5. The van der Waals surface area contributed by atoms with Gasteiger partial charge in [0, 0.05) is 20.0 Å². The van der Waals surface area contributed by atoms with Gasteiger partial charge in [-0.1, -0.05) is 24.3 Å². The van der Waals surface area contributed by atoms with Crippen molar-refractivity contribution < 1.29 is 9.53 Å². The normalized spacial score (nSPS) is 20.8. The Bertz CT molecular complexity index is 392. The monoisotopic (exact) mass is 220 g/mol. The Kier molecular flexibility index (Phi) is 3.10. The van der Waals surface area contributed by atoms with Crippen LogP contribution >= 0.6 is 0 Å². The van der Waals surface area contributed by atoms with E-state index in [2.05, 4.69) is 6.07 Å². The fourth-order valence-corrected chi connectivity index (χ4v) is 2.00. The first-order valence-electron chi connectivity index (χ1n) is 5.41. The number of hydrogen-bond acceptors (Lipinski definition) is 3. The van der Waals surface area contributed by atoms with Crippen LogP contribution in [0.2, 0.25) is 0 Å². The Hall–Kier alpha value is -1.55. The van der Waals surface area contributed by atoms with Gasteiger partial charge in [0.15, 0.2) is 0 Å². The molecule has 86 valence electrons. The van der Waals surface area contributed by atoms with Crippen LogP contribution < -0.4 is 5.73 Å². The van der Waals surface area contributed by atoms with Gasteiger partial charge in [0.1, 0.15) is 0 Å². The number of ether oxygens (including phenoxy) is 1. The number of amides is 1. The Morgan fingerprint density at radius 1 is 1.56 bits per heavy atom. The highest BCUT2D eigenvalue weighted by Gasteiger charge is 2.27. The summed E-state index contributed by atoms with van der Waals surface area (Å²) in [7, 11) is 1.77. The molecule has 1 heterocycles. The van der Waals surface area contributed by atoms with E-state index < -0.39 is 0 Å². The summed E-state index contributed by atoms with van der Waals surface area (Å²) in [5.74, 6) is 0. The molecule has 16 heavy (non-hydrogen) atoms. The smallest absolute Gasteiger partial charge is 0.410 e. The van der Waals surface area contributed by atoms with Crippen LogP contribution in [-0.4, -0.2) is 24.6 Å². The molecule has 1 amide bonds. The molecule has 1 fully saturated rings. The second kappa shape index (κ2) is 4.53. The van der Waals surface area contributed by atoms with Gasteiger partial charge in [0.25, 0.3) is 0 Å². The van der Waals surface area contributed by atoms with Crippen molar-refractivity contribution in [2.75, 3.05) is 13.7 Å². The summed E-state index contributed by atoms with van der Waals surface area (Å²) in [6.45, 7) is 1.01. The van der Waals surface area contributed by atoms with E-state index >= 15 is 0 Å². The molecule has 2 N–H and O–H groups in total. The lowest BCUT2D eigenvalue weighted by Gasteiger charge is -2.32. The predicted molar refractivity (Wildman–Crippen MR) is 60.8 cm³/mol. The van der Waals surface area contributed by atoms with Gasteiger partial charge < -0.3 is 15.4 Å². The highest BCUT2D eigenvalue weighted by molar-refractivity contribution is 5.68. The van der Waals surface area contributed by atoms with E-state index in [0.717, 1.165) is 17.5 Å². The third kappa shape index (κ3) is 2.02. The first kappa shape index (κ1) is 11.0. The third-order valence-corrected chi connectivity index (χ3v) is 2.94. The molecule has 0 aliphatic carbocycles. The number of nitrogens with two attached hydrogens (primary N) is 1. The molecule has 4 heteroatoms. The van der Waals surface area contributed by atoms with E-state index in [1.165, 1.54) is 0 Å². The molecule has 1 aromatic rings. The minimum absolute atomic E-state index is 0.104. The van der Waals surface area contributed by atoms with Crippen molar-refractivity contribution in [1.82, 2.24) is 4.90 Å². The summed E-state index contributed by atoms with van der Waals surface area (Å²) in [5, 5.41) is 0. The molecule has 4 nitrogen and oxygen atoms in total. The fourth-order valence-electron chi connectivity index (χ4n) is 2.00. The third-order valence-electron chi connectivity index (χ3n) is 2.94. The minimum Gasteiger partial charge on any atom is -0.449 e. The second-order valence-corrected chi connectivity index (χ2v) is 3.98. The van der Waals surface area contributed by atoms with Gasteiger partial charge in [-0.05, 0) is 11.1 Å². The van der Waals surface area contributed by atoms with E-state index in [1.54, 1.807) is 11.9 Å². The van der Waals surface area contributed by atoms with Crippen molar-refractivity contribution in [3.05, 3.63) is 35.4 Å². The maximum Gasteiger partial charge on any atom is 0.410 e. The van der Waals surface area contributed by atoms with E-state index in [9.17, 15) is 4.79 Å². The molecule has 1 atom stereocenters. The highest BCUT2D eigenvalue weighted by atomic mass is 16.6. The van der Waals surface area contributed by atoms with Gasteiger partial charge >= 0.3 is 6.09 Å². The fraction of sp³-hybridized carbons (Fsp3) is 0.417. The zero-order valence-electron chi connectivity index (χ0n) is 9.35. The lowest BCUT2D eigenvalue weighted by atomic mass is 10.00. The first-order valence-corrected chi connectivity index (χ1v) is 5.41. The van der Waals surface area contributed by atoms with Gasteiger partial charge in [-0.25, -0.2) is 4.79 Å². The van der Waals surface area contributed by atoms with Gasteiger partial charge in [0.05, 0.1) is 12.6 Å². The van der Waals surface area contributed by atoms with Crippen molar-refractivity contribution in [2.45, 2.75) is 19.0 Å². The molecular weight excluding hydrogens is 204 g/mol. The quantitative estimate of drug-likeness (QED) is 0.824. The Morgan fingerprint density at radius 2 is 2.38 bits per heavy atom. The lowest BCUT2D eigenvalue weighted by Crippen LogP contribution is -2.37. The average molecular weight is 220 g/mol. The number of carbonyl (C=O) groups is 1. The molecule has 0 aromatic heterocycles. The Labute approximate surface area is 95.0 Å². The largest absolute Gasteiger partial charge is 0.449 e. The number of carbonyl (C=O) groups excluding carboxylic acids is 1. The molecule has 1 unspecified atom stereocenters. The van der Waals surface area contributed by atoms with Crippen LogP contribution in [0.1, 0.15) is 23.6 Å².